The molecule has 0 saturated carbocycles. The Kier molecular flexibility index (Phi) is 2.33. The van der Waals surface area contributed by atoms with Gasteiger partial charge in [0.1, 0.15) is 0 Å². The highest BCUT2D eigenvalue weighted by Crippen LogP contribution is 2.31. The highest BCUT2D eigenvalue weighted by molar-refractivity contribution is 7.99. The van der Waals surface area contributed by atoms with Gasteiger partial charge in [-0.15, -0.1) is 11.8 Å². The fraction of sp³-hybridized carbons (Fsp3) is 0.333. The van der Waals surface area contributed by atoms with Crippen LogP contribution in [0.2, 0.25) is 0 Å². The largest absolute Gasteiger partial charge is 0.373 e. The lowest BCUT2D eigenvalue weighted by atomic mass is 10.1. The molecule has 0 saturated heterocycles. The molecule has 0 aromatic heterocycles. The van der Waals surface area contributed by atoms with Gasteiger partial charge in [0.15, 0.2) is 0 Å². The minimum Gasteiger partial charge on any atom is -0.373 e. The van der Waals surface area contributed by atoms with Crippen molar-refractivity contribution in [3.63, 3.8) is 0 Å². The van der Waals surface area contributed by atoms with E-state index in [4.69, 9.17) is 0 Å². The Hall–Kier alpha value is -1.09. The maximum Gasteiger partial charge on any atom is 0.0870 e. The molecule has 0 radical (unpaired) electrons. The molecule has 78 valence electrons. The molecule has 15 heavy (non-hydrogen) atoms. The van der Waals surface area contributed by atoms with Gasteiger partial charge in [-0.25, -0.2) is 0 Å². The van der Waals surface area contributed by atoms with Crippen LogP contribution in [-0.4, -0.2) is 23.4 Å². The molecule has 0 bridgehead atoms. The minimum absolute atomic E-state index is 0.649. The molecule has 3 rings (SSSR count). The molecule has 1 unspecified atom stereocenters. The molecule has 1 N–H and O–H groups in total. The number of rotatable bonds is 1. The van der Waals surface area contributed by atoms with Gasteiger partial charge in [-0.3, -0.25) is 0 Å². The van der Waals surface area contributed by atoms with Crippen LogP contribution in [0.15, 0.2) is 41.6 Å². The van der Waals surface area contributed by atoms with E-state index in [9.17, 15) is 0 Å². The number of thioether (sulfide) groups is 1. The summed E-state index contributed by atoms with van der Waals surface area (Å²) >= 11 is 1.98. The second-order valence-corrected chi connectivity index (χ2v) is 5.03. The van der Waals surface area contributed by atoms with Gasteiger partial charge in [-0.2, -0.15) is 0 Å². The van der Waals surface area contributed by atoms with Crippen LogP contribution in [0.5, 0.6) is 0 Å². The molecule has 1 aromatic rings. The van der Waals surface area contributed by atoms with Gasteiger partial charge < -0.3 is 10.2 Å². The second-order valence-electron chi connectivity index (χ2n) is 3.97. The first-order chi connectivity index (χ1) is 7.43. The highest BCUT2D eigenvalue weighted by atomic mass is 32.2. The van der Waals surface area contributed by atoms with Crippen molar-refractivity contribution in [2.75, 3.05) is 12.4 Å². The van der Waals surface area contributed by atoms with Gasteiger partial charge in [0.2, 0.25) is 0 Å². The lowest BCUT2D eigenvalue weighted by Gasteiger charge is -2.31. The number of fused-ring (bicyclic) bond motifs is 1. The van der Waals surface area contributed by atoms with E-state index in [2.05, 4.69) is 40.7 Å². The summed E-state index contributed by atoms with van der Waals surface area (Å²) in [4.78, 5) is 3.85. The quantitative estimate of drug-likeness (QED) is 0.776. The average Bonchev–Trinajstić information content (AvgIpc) is 2.82. The van der Waals surface area contributed by atoms with E-state index in [1.54, 1.807) is 0 Å². The predicted molar refractivity (Wildman–Crippen MR) is 63.6 cm³/mol. The maximum absolute atomic E-state index is 3.23. The second kappa shape index (κ2) is 3.81. The Morgan fingerprint density at radius 1 is 1.33 bits per heavy atom. The van der Waals surface area contributed by atoms with Crippen LogP contribution in [-0.2, 0) is 6.42 Å². The van der Waals surface area contributed by atoms with E-state index in [-0.39, 0.29) is 0 Å². The third-order valence-electron chi connectivity index (χ3n) is 2.99. The van der Waals surface area contributed by atoms with E-state index in [1.165, 1.54) is 22.6 Å². The lowest BCUT2D eigenvalue weighted by molar-refractivity contribution is 0.305. The average molecular weight is 218 g/mol. The third kappa shape index (κ3) is 1.72. The molecule has 1 aromatic carbocycles. The monoisotopic (exact) mass is 218 g/mol. The van der Waals surface area contributed by atoms with Crippen LogP contribution in [0, 0.1) is 0 Å². The lowest BCUT2D eigenvalue weighted by Crippen LogP contribution is -2.37. The van der Waals surface area contributed by atoms with E-state index in [1.807, 2.05) is 18.0 Å². The highest BCUT2D eigenvalue weighted by Gasteiger charge is 2.23. The van der Waals surface area contributed by atoms with Crippen molar-refractivity contribution in [3.8, 4) is 0 Å². The third-order valence-corrected chi connectivity index (χ3v) is 4.25. The van der Waals surface area contributed by atoms with Gasteiger partial charge in [-0.05, 0) is 18.1 Å². The Balaban J connectivity index is 1.79. The molecular weight excluding hydrogens is 204 g/mol. The van der Waals surface area contributed by atoms with Crippen molar-refractivity contribution in [1.29, 1.82) is 0 Å². The number of benzene rings is 1. The zero-order chi connectivity index (χ0) is 10.1. The summed E-state index contributed by atoms with van der Waals surface area (Å²) in [7, 11) is 0. The summed E-state index contributed by atoms with van der Waals surface area (Å²) in [6, 6.07) is 9.40. The van der Waals surface area contributed by atoms with E-state index in [0.717, 1.165) is 6.67 Å². The van der Waals surface area contributed by atoms with Crippen LogP contribution in [0.25, 0.3) is 0 Å². The first-order valence-electron chi connectivity index (χ1n) is 5.30. The summed E-state index contributed by atoms with van der Waals surface area (Å²) < 4.78 is 0. The maximum atomic E-state index is 3.23. The molecule has 0 amide bonds. The van der Waals surface area contributed by atoms with Crippen LogP contribution < -0.4 is 5.32 Å². The summed E-state index contributed by atoms with van der Waals surface area (Å²) in [6.45, 7) is 0.966. The normalized spacial score (nSPS) is 23.7. The Morgan fingerprint density at radius 3 is 3.13 bits per heavy atom. The predicted octanol–water partition coefficient (Wildman–Crippen LogP) is 2.04. The molecule has 3 heteroatoms. The fourth-order valence-electron chi connectivity index (χ4n) is 2.14. The van der Waals surface area contributed by atoms with Crippen LogP contribution in [0.3, 0.4) is 0 Å². The first kappa shape index (κ1) is 9.16. The number of hydrogen-bond donors (Lipinski definition) is 1. The zero-order valence-electron chi connectivity index (χ0n) is 8.52. The molecule has 1 atom stereocenters. The smallest absolute Gasteiger partial charge is 0.0870 e. The number of hydrogen-bond acceptors (Lipinski definition) is 3. The zero-order valence-corrected chi connectivity index (χ0v) is 9.33. The molecule has 2 heterocycles. The summed E-state index contributed by atoms with van der Waals surface area (Å²) in [5, 5.41) is 3.23. The summed E-state index contributed by atoms with van der Waals surface area (Å²) in [5.41, 5.74) is 1.50. The number of nitrogens with one attached hydrogen (secondary N) is 1. The Bertz CT molecular complexity index is 389. The van der Waals surface area contributed by atoms with E-state index < -0.39 is 0 Å². The molecule has 0 spiro atoms. The van der Waals surface area contributed by atoms with E-state index >= 15 is 0 Å². The van der Waals surface area contributed by atoms with Crippen molar-refractivity contribution < 1.29 is 0 Å². The standard InChI is InChI=1S/C12H14N2S/c1-2-4-12-10(3-1)7-11(8-15-12)14-6-5-13-9-14/h1-6,11,13H,7-9H2. The topological polar surface area (TPSA) is 15.3 Å². The van der Waals surface area contributed by atoms with Crippen LogP contribution >= 0.6 is 11.8 Å². The van der Waals surface area contributed by atoms with Crippen LogP contribution in [0.4, 0.5) is 0 Å². The van der Waals surface area contributed by atoms with Gasteiger partial charge in [0.25, 0.3) is 0 Å². The van der Waals surface area contributed by atoms with Crippen molar-refractivity contribution >= 4 is 11.8 Å². The van der Waals surface area contributed by atoms with Gasteiger partial charge in [0.05, 0.1) is 6.67 Å². The Labute approximate surface area is 94.4 Å². The SMILES string of the molecule is C1=CN(C2CSc3ccccc3C2)CN1. The molecule has 0 fully saturated rings. The minimum atomic E-state index is 0.649. The number of nitrogens with zero attached hydrogens (tertiary/aromatic N) is 1. The summed E-state index contributed by atoms with van der Waals surface area (Å²) in [6.07, 6.45) is 5.37. The van der Waals surface area contributed by atoms with Crippen LogP contribution in [0.1, 0.15) is 5.56 Å². The van der Waals surface area contributed by atoms with Gasteiger partial charge in [0, 0.05) is 29.1 Å². The van der Waals surface area contributed by atoms with Crippen molar-refractivity contribution in [3.05, 3.63) is 42.2 Å². The van der Waals surface area contributed by atoms with Crippen molar-refractivity contribution in [2.45, 2.75) is 17.4 Å². The molecule has 0 aliphatic carbocycles. The summed E-state index contributed by atoms with van der Waals surface area (Å²) in [5.74, 6) is 1.20. The van der Waals surface area contributed by atoms with Gasteiger partial charge in [-0.1, -0.05) is 18.2 Å². The fourth-order valence-corrected chi connectivity index (χ4v) is 3.33. The molecule has 2 aliphatic heterocycles. The van der Waals surface area contributed by atoms with Gasteiger partial charge >= 0.3 is 0 Å². The molecular formula is C12H14N2S. The molecule has 2 nitrogen and oxygen atoms in total. The first-order valence-corrected chi connectivity index (χ1v) is 6.28. The van der Waals surface area contributed by atoms with Crippen molar-refractivity contribution in [1.82, 2.24) is 10.2 Å². The molecule has 2 aliphatic rings. The van der Waals surface area contributed by atoms with E-state index in [0.29, 0.717) is 6.04 Å². The van der Waals surface area contributed by atoms with Crippen molar-refractivity contribution in [2.24, 2.45) is 0 Å². The Morgan fingerprint density at radius 2 is 2.27 bits per heavy atom.